The lowest BCUT2D eigenvalue weighted by atomic mass is 10.1. The highest BCUT2D eigenvalue weighted by atomic mass is 16.5. The monoisotopic (exact) mass is 369 g/mol. The second-order valence-corrected chi connectivity index (χ2v) is 6.55. The molecular weight excluding hydrogens is 338 g/mol. The van der Waals surface area contributed by atoms with Crippen LogP contribution in [0.25, 0.3) is 0 Å². The molecule has 27 heavy (non-hydrogen) atoms. The molecule has 0 bridgehead atoms. The molecule has 2 aromatic rings. The fourth-order valence-electron chi connectivity index (χ4n) is 2.58. The summed E-state index contributed by atoms with van der Waals surface area (Å²) in [5.74, 6) is 1.73. The van der Waals surface area contributed by atoms with Crippen LogP contribution in [0.1, 0.15) is 30.6 Å². The summed E-state index contributed by atoms with van der Waals surface area (Å²) < 4.78 is 5.90. The first-order valence-electron chi connectivity index (χ1n) is 9.33. The molecule has 1 heterocycles. The van der Waals surface area contributed by atoms with Crippen LogP contribution in [0.15, 0.2) is 53.7 Å². The third-order valence-electron chi connectivity index (χ3n) is 4.20. The molecule has 2 N–H and O–H groups in total. The Hall–Kier alpha value is -2.60. The lowest BCUT2D eigenvalue weighted by Crippen LogP contribution is -2.37. The standard InChI is InChI=1S/C21H31N5O/c1-17(19-9-6-5-7-10-19)27-14-8-12-24-21(22-2)25-16-18-11-13-23-20(15-18)26(3)4/h5-7,9-11,13,15,17H,8,12,14,16H2,1-4H3,(H2,22,24,25). The third kappa shape index (κ3) is 7.27. The van der Waals surface area contributed by atoms with Crippen molar-refractivity contribution >= 4 is 11.8 Å². The lowest BCUT2D eigenvalue weighted by molar-refractivity contribution is 0.0646. The molecule has 146 valence electrons. The van der Waals surface area contributed by atoms with Gasteiger partial charge in [0.1, 0.15) is 5.82 Å². The van der Waals surface area contributed by atoms with Gasteiger partial charge in [-0.1, -0.05) is 30.3 Å². The highest BCUT2D eigenvalue weighted by molar-refractivity contribution is 5.79. The molecule has 0 radical (unpaired) electrons. The van der Waals surface area contributed by atoms with Gasteiger partial charge in [0.15, 0.2) is 5.96 Å². The van der Waals surface area contributed by atoms with E-state index in [9.17, 15) is 0 Å². The van der Waals surface area contributed by atoms with Crippen LogP contribution in [-0.2, 0) is 11.3 Å². The van der Waals surface area contributed by atoms with E-state index in [-0.39, 0.29) is 6.10 Å². The zero-order chi connectivity index (χ0) is 19.5. The molecule has 1 aromatic heterocycles. The molecule has 0 aliphatic rings. The van der Waals surface area contributed by atoms with Gasteiger partial charge in [0.25, 0.3) is 0 Å². The van der Waals surface area contributed by atoms with E-state index < -0.39 is 0 Å². The first kappa shape index (κ1) is 20.7. The Morgan fingerprint density at radius 1 is 1.19 bits per heavy atom. The number of anilines is 1. The average molecular weight is 370 g/mol. The molecular formula is C21H31N5O. The summed E-state index contributed by atoms with van der Waals surface area (Å²) in [6.07, 6.45) is 2.85. The van der Waals surface area contributed by atoms with Gasteiger partial charge in [0, 0.05) is 47.0 Å². The van der Waals surface area contributed by atoms with E-state index in [1.54, 1.807) is 7.05 Å². The predicted molar refractivity (Wildman–Crippen MR) is 112 cm³/mol. The summed E-state index contributed by atoms with van der Waals surface area (Å²) in [4.78, 5) is 10.6. The lowest BCUT2D eigenvalue weighted by Gasteiger charge is -2.15. The maximum atomic E-state index is 5.90. The SMILES string of the molecule is CN=C(NCCCOC(C)c1ccccc1)NCc1ccnc(N(C)C)c1. The zero-order valence-electron chi connectivity index (χ0n) is 16.8. The molecule has 0 amide bonds. The predicted octanol–water partition coefficient (Wildman–Crippen LogP) is 2.98. The number of guanidine groups is 1. The maximum Gasteiger partial charge on any atom is 0.191 e. The van der Waals surface area contributed by atoms with E-state index in [0.717, 1.165) is 30.3 Å². The van der Waals surface area contributed by atoms with Crippen LogP contribution in [0.5, 0.6) is 0 Å². The fraction of sp³-hybridized carbons (Fsp3) is 0.429. The van der Waals surface area contributed by atoms with Gasteiger partial charge in [0.2, 0.25) is 0 Å². The molecule has 0 fully saturated rings. The summed E-state index contributed by atoms with van der Waals surface area (Å²) >= 11 is 0. The van der Waals surface area contributed by atoms with E-state index in [1.807, 2.05) is 49.5 Å². The maximum absolute atomic E-state index is 5.90. The normalized spacial score (nSPS) is 12.5. The number of aromatic nitrogens is 1. The van der Waals surface area contributed by atoms with Gasteiger partial charge in [0.05, 0.1) is 6.10 Å². The third-order valence-corrected chi connectivity index (χ3v) is 4.20. The van der Waals surface area contributed by atoms with E-state index in [4.69, 9.17) is 4.74 Å². The number of hydrogen-bond donors (Lipinski definition) is 2. The first-order valence-corrected chi connectivity index (χ1v) is 9.33. The van der Waals surface area contributed by atoms with Crippen LogP contribution in [0.4, 0.5) is 5.82 Å². The number of benzene rings is 1. The van der Waals surface area contributed by atoms with Gasteiger partial charge < -0.3 is 20.3 Å². The van der Waals surface area contributed by atoms with Crippen LogP contribution in [-0.4, -0.2) is 45.2 Å². The topological polar surface area (TPSA) is 61.8 Å². The molecule has 0 aliphatic carbocycles. The highest BCUT2D eigenvalue weighted by Gasteiger charge is 2.05. The van der Waals surface area contributed by atoms with Gasteiger partial charge in [-0.2, -0.15) is 0 Å². The number of rotatable bonds is 9. The molecule has 0 aliphatic heterocycles. The van der Waals surface area contributed by atoms with Gasteiger partial charge in [-0.05, 0) is 36.6 Å². The molecule has 1 aromatic carbocycles. The van der Waals surface area contributed by atoms with E-state index >= 15 is 0 Å². The second kappa shape index (κ2) is 11.2. The van der Waals surface area contributed by atoms with Crippen LogP contribution in [0, 0.1) is 0 Å². The van der Waals surface area contributed by atoms with Crippen molar-refractivity contribution in [3.63, 3.8) is 0 Å². The minimum Gasteiger partial charge on any atom is -0.374 e. The fourth-order valence-corrected chi connectivity index (χ4v) is 2.58. The highest BCUT2D eigenvalue weighted by Crippen LogP contribution is 2.15. The van der Waals surface area contributed by atoms with Crippen molar-refractivity contribution in [3.05, 3.63) is 59.8 Å². The molecule has 6 nitrogen and oxygen atoms in total. The molecule has 6 heteroatoms. The van der Waals surface area contributed by atoms with Gasteiger partial charge in [-0.3, -0.25) is 4.99 Å². The quantitative estimate of drug-likeness (QED) is 0.404. The minimum atomic E-state index is 0.112. The van der Waals surface area contributed by atoms with Crippen molar-refractivity contribution in [2.45, 2.75) is 26.0 Å². The van der Waals surface area contributed by atoms with Crippen LogP contribution in [0.3, 0.4) is 0 Å². The van der Waals surface area contributed by atoms with Gasteiger partial charge >= 0.3 is 0 Å². The number of ether oxygens (including phenoxy) is 1. The largest absolute Gasteiger partial charge is 0.374 e. The smallest absolute Gasteiger partial charge is 0.191 e. The van der Waals surface area contributed by atoms with Crippen molar-refractivity contribution < 1.29 is 4.74 Å². The Morgan fingerprint density at radius 2 is 1.96 bits per heavy atom. The summed E-state index contributed by atoms with van der Waals surface area (Å²) in [6, 6.07) is 14.4. The number of hydrogen-bond acceptors (Lipinski definition) is 4. The van der Waals surface area contributed by atoms with Gasteiger partial charge in [-0.25, -0.2) is 4.98 Å². The summed E-state index contributed by atoms with van der Waals surface area (Å²) in [5, 5.41) is 6.65. The first-order chi connectivity index (χ1) is 13.1. The summed E-state index contributed by atoms with van der Waals surface area (Å²) in [6.45, 7) is 4.29. The van der Waals surface area contributed by atoms with Crippen molar-refractivity contribution in [1.29, 1.82) is 0 Å². The average Bonchev–Trinajstić information content (AvgIpc) is 2.70. The Bertz CT molecular complexity index is 703. The molecule has 1 unspecified atom stereocenters. The van der Waals surface area contributed by atoms with Gasteiger partial charge in [-0.15, -0.1) is 0 Å². The Kier molecular flexibility index (Phi) is 8.58. The minimum absolute atomic E-state index is 0.112. The molecule has 0 spiro atoms. The molecule has 0 saturated carbocycles. The number of aliphatic imine (C=N–C) groups is 1. The number of nitrogens with one attached hydrogen (secondary N) is 2. The Morgan fingerprint density at radius 3 is 2.67 bits per heavy atom. The van der Waals surface area contributed by atoms with Crippen LogP contribution in [0.2, 0.25) is 0 Å². The van der Waals surface area contributed by atoms with Crippen molar-refractivity contribution in [3.8, 4) is 0 Å². The molecule has 1 atom stereocenters. The Balaban J connectivity index is 1.66. The summed E-state index contributed by atoms with van der Waals surface area (Å²) in [5.41, 5.74) is 2.37. The molecule has 0 saturated heterocycles. The number of pyridine rings is 1. The van der Waals surface area contributed by atoms with E-state index in [1.165, 1.54) is 5.56 Å². The molecule has 2 rings (SSSR count). The van der Waals surface area contributed by atoms with Crippen molar-refractivity contribution in [1.82, 2.24) is 15.6 Å². The van der Waals surface area contributed by atoms with Crippen molar-refractivity contribution in [2.75, 3.05) is 39.2 Å². The second-order valence-electron chi connectivity index (χ2n) is 6.55. The van der Waals surface area contributed by atoms with E-state index in [0.29, 0.717) is 13.2 Å². The van der Waals surface area contributed by atoms with Crippen LogP contribution < -0.4 is 15.5 Å². The van der Waals surface area contributed by atoms with Crippen molar-refractivity contribution in [2.24, 2.45) is 4.99 Å². The Labute approximate surface area is 162 Å². The number of nitrogens with zero attached hydrogens (tertiary/aromatic N) is 3. The van der Waals surface area contributed by atoms with Crippen LogP contribution >= 0.6 is 0 Å². The zero-order valence-corrected chi connectivity index (χ0v) is 16.8. The summed E-state index contributed by atoms with van der Waals surface area (Å²) in [7, 11) is 5.75. The van der Waals surface area contributed by atoms with E-state index in [2.05, 4.69) is 45.7 Å².